The van der Waals surface area contributed by atoms with Crippen molar-refractivity contribution < 1.29 is 10.2 Å². The quantitative estimate of drug-likeness (QED) is 0.438. The molecule has 1 saturated heterocycles. The third kappa shape index (κ3) is 0.954. The number of ether oxygens (including phenoxy) is 1. The lowest BCUT2D eigenvalue weighted by atomic mass is 10.5. The molecule has 1 aliphatic rings. The van der Waals surface area contributed by atoms with Gasteiger partial charge in [0, 0.05) is 18.5 Å². The first-order valence-electron chi connectivity index (χ1n) is 3.78. The Morgan fingerprint density at radius 1 is 1.50 bits per heavy atom. The molecule has 0 bridgehead atoms. The molecular formula is C4H9NO. The molecule has 0 spiro atoms. The second-order valence-corrected chi connectivity index (χ2v) is 0.971. The van der Waals surface area contributed by atoms with Crippen molar-refractivity contribution in [2.75, 3.05) is 26.2 Å². The van der Waals surface area contributed by atoms with Crippen molar-refractivity contribution in [3.05, 3.63) is 0 Å². The molecular weight excluding hydrogens is 78.0 g/mol. The van der Waals surface area contributed by atoms with Gasteiger partial charge in [0.1, 0.15) is 0 Å². The van der Waals surface area contributed by atoms with E-state index in [1.54, 1.807) is 0 Å². The minimum Gasteiger partial charge on any atom is -0.379 e. The van der Waals surface area contributed by atoms with E-state index in [-0.39, 0.29) is 13.2 Å². The van der Waals surface area contributed by atoms with Gasteiger partial charge < -0.3 is 10.1 Å². The van der Waals surface area contributed by atoms with E-state index in [0.29, 0.717) is 0 Å². The molecule has 6 heavy (non-hydrogen) atoms. The predicted octanol–water partition coefficient (Wildman–Crippen LogP) is -0.394. The Bertz CT molecular complexity index is 123. The molecule has 0 aromatic rings. The Hall–Kier alpha value is -0.0800. The third-order valence-corrected chi connectivity index (χ3v) is 0.525. The molecule has 0 atom stereocenters. The van der Waals surface area contributed by atoms with Gasteiger partial charge in [0.15, 0.2) is 0 Å². The van der Waals surface area contributed by atoms with Crippen LogP contribution >= 0.6 is 0 Å². The van der Waals surface area contributed by atoms with Crippen molar-refractivity contribution in [1.82, 2.24) is 5.32 Å². The summed E-state index contributed by atoms with van der Waals surface area (Å²) in [7, 11) is 0. The van der Waals surface area contributed by atoms with E-state index in [2.05, 4.69) is 10.1 Å². The lowest BCUT2D eigenvalue weighted by molar-refractivity contribution is 0.109. The van der Waals surface area contributed by atoms with Crippen LogP contribution in [0.1, 0.15) is 5.48 Å². The zero-order chi connectivity index (χ0) is 7.83. The highest BCUT2D eigenvalue weighted by molar-refractivity contribution is 4.49. The summed E-state index contributed by atoms with van der Waals surface area (Å²) < 4.78 is 33.0. The molecule has 1 N–H and O–H groups in total. The molecule has 0 saturated carbocycles. The van der Waals surface area contributed by atoms with Crippen LogP contribution in [0.3, 0.4) is 0 Å². The van der Waals surface area contributed by atoms with Crippen molar-refractivity contribution in [2.45, 2.75) is 0 Å². The van der Waals surface area contributed by atoms with Crippen molar-refractivity contribution >= 4 is 0 Å². The number of hydrogen-bond donors (Lipinski definition) is 1. The fraction of sp³-hybridized carbons (Fsp3) is 1.00. The Labute approximate surface area is 43.1 Å². The highest BCUT2D eigenvalue weighted by atomic mass is 16.5. The molecule has 1 rings (SSSR count). The Balaban J connectivity index is 2.56. The minimum absolute atomic E-state index is 0.0908. The van der Waals surface area contributed by atoms with E-state index in [1.165, 1.54) is 0 Å². The Morgan fingerprint density at radius 3 is 2.50 bits per heavy atom. The summed E-state index contributed by atoms with van der Waals surface area (Å²) in [5, 5.41) is 2.17. The summed E-state index contributed by atoms with van der Waals surface area (Å²) in [6.07, 6.45) is 0. The van der Waals surface area contributed by atoms with Crippen molar-refractivity contribution in [3.63, 3.8) is 0 Å². The first-order valence-corrected chi connectivity index (χ1v) is 1.78. The lowest BCUT2D eigenvalue weighted by Gasteiger charge is -2.10. The third-order valence-electron chi connectivity index (χ3n) is 0.525. The molecule has 2 heteroatoms. The summed E-state index contributed by atoms with van der Waals surface area (Å²) in [6, 6.07) is 0. The highest BCUT2D eigenvalue weighted by Crippen LogP contribution is 1.76. The summed E-state index contributed by atoms with van der Waals surface area (Å²) in [5.41, 5.74) is 0. The number of morpholine rings is 1. The van der Waals surface area contributed by atoms with Gasteiger partial charge in [-0.05, 0) is 0 Å². The van der Waals surface area contributed by atoms with Gasteiger partial charge in [-0.3, -0.25) is 0 Å². The first kappa shape index (κ1) is 1.46. The molecule has 0 radical (unpaired) electrons. The van der Waals surface area contributed by atoms with Gasteiger partial charge >= 0.3 is 0 Å². The van der Waals surface area contributed by atoms with E-state index in [0.717, 1.165) is 0 Å². The van der Waals surface area contributed by atoms with Crippen LogP contribution in [0, 0.1) is 0 Å². The predicted molar refractivity (Wildman–Crippen MR) is 23.7 cm³/mol. The fourth-order valence-corrected chi connectivity index (χ4v) is 0.288. The van der Waals surface area contributed by atoms with E-state index in [1.807, 2.05) is 0 Å². The standard InChI is InChI=1S/C4H9NO/c1-3-6-4-2-5-1/h5H,1-4H2/i1D2,2D2. The lowest BCUT2D eigenvalue weighted by Crippen LogP contribution is -2.30. The normalized spacial score (nSPS) is 50.7. The van der Waals surface area contributed by atoms with Gasteiger partial charge in [-0.1, -0.05) is 0 Å². The molecule has 36 valence electrons. The van der Waals surface area contributed by atoms with Gasteiger partial charge in [-0.15, -0.1) is 0 Å². The topological polar surface area (TPSA) is 21.3 Å². The number of rotatable bonds is 0. The van der Waals surface area contributed by atoms with Gasteiger partial charge in [0.05, 0.1) is 13.2 Å². The van der Waals surface area contributed by atoms with Gasteiger partial charge in [-0.2, -0.15) is 0 Å². The molecule has 0 aromatic heterocycles. The number of hydrogen-bond acceptors (Lipinski definition) is 2. The summed E-state index contributed by atoms with van der Waals surface area (Å²) in [6.45, 7) is -3.65. The van der Waals surface area contributed by atoms with Crippen LogP contribution in [-0.2, 0) is 4.74 Å². The molecule has 1 heterocycles. The largest absolute Gasteiger partial charge is 0.379 e. The zero-order valence-corrected chi connectivity index (χ0v) is 3.32. The van der Waals surface area contributed by atoms with Crippen LogP contribution in [0.2, 0.25) is 0 Å². The summed E-state index contributed by atoms with van der Waals surface area (Å²) in [5.74, 6) is 0. The SMILES string of the molecule is [2H]C1([2H])COCC([2H])([2H])N1. The van der Waals surface area contributed by atoms with Gasteiger partial charge in [0.25, 0.3) is 0 Å². The van der Waals surface area contributed by atoms with Crippen LogP contribution in [0.4, 0.5) is 0 Å². The molecule has 0 unspecified atom stereocenters. The van der Waals surface area contributed by atoms with Gasteiger partial charge in [-0.25, -0.2) is 0 Å². The van der Waals surface area contributed by atoms with Crippen LogP contribution in [-0.4, -0.2) is 26.2 Å². The highest BCUT2D eigenvalue weighted by Gasteiger charge is 1.92. The molecule has 0 aromatic carbocycles. The second-order valence-electron chi connectivity index (χ2n) is 0.971. The van der Waals surface area contributed by atoms with E-state index in [9.17, 15) is 0 Å². The first-order chi connectivity index (χ1) is 4.41. The molecule has 0 amide bonds. The van der Waals surface area contributed by atoms with Crippen LogP contribution in [0.5, 0.6) is 0 Å². The van der Waals surface area contributed by atoms with E-state index >= 15 is 0 Å². The zero-order valence-electron chi connectivity index (χ0n) is 7.32. The molecule has 1 aliphatic heterocycles. The Kier molecular flexibility index (Phi) is 0.524. The van der Waals surface area contributed by atoms with Crippen LogP contribution < -0.4 is 5.32 Å². The average Bonchev–Trinajstić information content (AvgIpc) is 1.56. The van der Waals surface area contributed by atoms with Crippen molar-refractivity contribution in [3.8, 4) is 0 Å². The van der Waals surface area contributed by atoms with E-state index < -0.39 is 13.0 Å². The van der Waals surface area contributed by atoms with Crippen LogP contribution in [0.15, 0.2) is 0 Å². The average molecular weight is 91.1 g/mol. The maximum absolute atomic E-state index is 7.07. The maximum atomic E-state index is 7.07. The molecule has 0 aliphatic carbocycles. The number of nitrogens with one attached hydrogen (secondary N) is 1. The Morgan fingerprint density at radius 2 is 2.17 bits per heavy atom. The smallest absolute Gasteiger partial charge is 0.0591 e. The van der Waals surface area contributed by atoms with E-state index in [4.69, 9.17) is 5.48 Å². The van der Waals surface area contributed by atoms with Crippen LogP contribution in [0.25, 0.3) is 0 Å². The van der Waals surface area contributed by atoms with Gasteiger partial charge in [0.2, 0.25) is 0 Å². The van der Waals surface area contributed by atoms with Crippen molar-refractivity contribution in [2.24, 2.45) is 0 Å². The molecule has 2 nitrogen and oxygen atoms in total. The van der Waals surface area contributed by atoms with Crippen molar-refractivity contribution in [1.29, 1.82) is 0 Å². The maximum Gasteiger partial charge on any atom is 0.0591 e. The molecule has 1 fully saturated rings. The monoisotopic (exact) mass is 91.1 g/mol. The second kappa shape index (κ2) is 2.16. The fourth-order valence-electron chi connectivity index (χ4n) is 0.288. The minimum atomic E-state index is -1.73. The summed E-state index contributed by atoms with van der Waals surface area (Å²) in [4.78, 5) is 0. The summed E-state index contributed by atoms with van der Waals surface area (Å²) >= 11 is 0.